The Bertz CT molecular complexity index is 456. The van der Waals surface area contributed by atoms with E-state index in [0.717, 1.165) is 35.8 Å². The van der Waals surface area contributed by atoms with Gasteiger partial charge in [0.15, 0.2) is 0 Å². The minimum absolute atomic E-state index is 0.114. The fourth-order valence-electron chi connectivity index (χ4n) is 2.35. The number of amides is 1. The van der Waals surface area contributed by atoms with Crippen molar-refractivity contribution in [3.05, 3.63) is 36.9 Å². The van der Waals surface area contributed by atoms with Crippen LogP contribution >= 0.6 is 11.8 Å². The molecule has 1 fully saturated rings. The third-order valence-electron chi connectivity index (χ3n) is 3.46. The normalized spacial score (nSPS) is 17.9. The van der Waals surface area contributed by atoms with Crippen molar-refractivity contribution in [1.82, 2.24) is 5.32 Å². The van der Waals surface area contributed by atoms with Crippen LogP contribution in [0.1, 0.15) is 19.3 Å². The van der Waals surface area contributed by atoms with Crippen LogP contribution < -0.4 is 10.6 Å². The van der Waals surface area contributed by atoms with Crippen LogP contribution in [0.4, 0.5) is 5.69 Å². The van der Waals surface area contributed by atoms with Gasteiger partial charge in [0.1, 0.15) is 0 Å². The van der Waals surface area contributed by atoms with E-state index in [4.69, 9.17) is 0 Å². The number of para-hydroxylation sites is 1. The number of carbonyl (C=O) groups is 1. The summed E-state index contributed by atoms with van der Waals surface area (Å²) in [6, 6.07) is 7.94. The second kappa shape index (κ2) is 8.12. The number of hydrogen-bond acceptors (Lipinski definition) is 3. The third kappa shape index (κ3) is 4.69. The Morgan fingerprint density at radius 1 is 1.50 bits per heavy atom. The van der Waals surface area contributed by atoms with Crippen molar-refractivity contribution in [3.63, 3.8) is 0 Å². The standard InChI is InChI=1S/C16H22N2OS/c1-2-11-20-15-6-4-3-5-14(15)18-16(19)8-7-13-9-10-17-12-13/h2-6,13,17H,1,7-12H2,(H,18,19). The second-order valence-electron chi connectivity index (χ2n) is 5.04. The molecule has 1 unspecified atom stereocenters. The van der Waals surface area contributed by atoms with E-state index in [1.54, 1.807) is 11.8 Å². The number of nitrogens with one attached hydrogen (secondary N) is 2. The molecule has 1 aromatic rings. The van der Waals surface area contributed by atoms with Gasteiger partial charge >= 0.3 is 0 Å². The average molecular weight is 290 g/mol. The van der Waals surface area contributed by atoms with Crippen LogP contribution in [0.3, 0.4) is 0 Å². The lowest BCUT2D eigenvalue weighted by atomic mass is 10.0. The summed E-state index contributed by atoms with van der Waals surface area (Å²) in [4.78, 5) is 13.1. The van der Waals surface area contributed by atoms with Crippen molar-refractivity contribution < 1.29 is 4.79 Å². The molecule has 1 aliphatic heterocycles. The topological polar surface area (TPSA) is 41.1 Å². The summed E-state index contributed by atoms with van der Waals surface area (Å²) in [6.45, 7) is 5.87. The third-order valence-corrected chi connectivity index (χ3v) is 4.53. The summed E-state index contributed by atoms with van der Waals surface area (Å²) in [7, 11) is 0. The molecular formula is C16H22N2OS. The SMILES string of the molecule is C=CCSc1ccccc1NC(=O)CCC1CCNC1. The van der Waals surface area contributed by atoms with Crippen molar-refractivity contribution in [1.29, 1.82) is 0 Å². The largest absolute Gasteiger partial charge is 0.325 e. The van der Waals surface area contributed by atoms with Gasteiger partial charge in [-0.05, 0) is 44.0 Å². The molecule has 0 saturated carbocycles. The molecule has 1 atom stereocenters. The van der Waals surface area contributed by atoms with Gasteiger partial charge in [-0.3, -0.25) is 4.79 Å². The van der Waals surface area contributed by atoms with Gasteiger partial charge in [-0.25, -0.2) is 0 Å². The molecule has 4 heteroatoms. The van der Waals surface area contributed by atoms with Gasteiger partial charge in [0, 0.05) is 17.1 Å². The van der Waals surface area contributed by atoms with Crippen LogP contribution in [0.5, 0.6) is 0 Å². The Balaban J connectivity index is 1.84. The second-order valence-corrected chi connectivity index (χ2v) is 6.10. The lowest BCUT2D eigenvalue weighted by Crippen LogP contribution is -2.15. The van der Waals surface area contributed by atoms with E-state index in [1.165, 1.54) is 6.42 Å². The maximum absolute atomic E-state index is 12.0. The number of hydrogen-bond donors (Lipinski definition) is 2. The number of carbonyl (C=O) groups excluding carboxylic acids is 1. The molecule has 3 nitrogen and oxygen atoms in total. The quantitative estimate of drug-likeness (QED) is 0.598. The van der Waals surface area contributed by atoms with Crippen LogP contribution in [0.15, 0.2) is 41.8 Å². The molecule has 0 aromatic heterocycles. The first-order chi connectivity index (χ1) is 9.79. The summed E-state index contributed by atoms with van der Waals surface area (Å²) < 4.78 is 0. The molecule has 0 spiro atoms. The zero-order valence-electron chi connectivity index (χ0n) is 11.7. The van der Waals surface area contributed by atoms with E-state index in [-0.39, 0.29) is 5.91 Å². The smallest absolute Gasteiger partial charge is 0.224 e. The predicted molar refractivity (Wildman–Crippen MR) is 86.2 cm³/mol. The first-order valence-corrected chi connectivity index (χ1v) is 8.11. The summed E-state index contributed by atoms with van der Waals surface area (Å²) in [5, 5.41) is 6.36. The lowest BCUT2D eigenvalue weighted by molar-refractivity contribution is -0.116. The van der Waals surface area contributed by atoms with Gasteiger partial charge < -0.3 is 10.6 Å². The predicted octanol–water partition coefficient (Wildman–Crippen LogP) is 3.29. The summed E-state index contributed by atoms with van der Waals surface area (Å²) in [5.74, 6) is 1.62. The Kier molecular flexibility index (Phi) is 6.15. The van der Waals surface area contributed by atoms with E-state index in [0.29, 0.717) is 12.3 Å². The minimum Gasteiger partial charge on any atom is -0.325 e. The highest BCUT2D eigenvalue weighted by atomic mass is 32.2. The molecule has 1 amide bonds. The number of anilines is 1. The van der Waals surface area contributed by atoms with Crippen molar-refractivity contribution in [2.24, 2.45) is 5.92 Å². The van der Waals surface area contributed by atoms with E-state index >= 15 is 0 Å². The van der Waals surface area contributed by atoms with Gasteiger partial charge in [0.25, 0.3) is 0 Å². The van der Waals surface area contributed by atoms with Crippen LogP contribution in [-0.2, 0) is 4.79 Å². The molecule has 1 aliphatic rings. The average Bonchev–Trinajstić information content (AvgIpc) is 2.97. The molecule has 0 bridgehead atoms. The van der Waals surface area contributed by atoms with Crippen molar-refractivity contribution in [3.8, 4) is 0 Å². The van der Waals surface area contributed by atoms with Crippen LogP contribution in [0.25, 0.3) is 0 Å². The summed E-state index contributed by atoms with van der Waals surface area (Å²) in [6.07, 6.45) is 4.64. The van der Waals surface area contributed by atoms with Crippen LogP contribution in [-0.4, -0.2) is 24.7 Å². The van der Waals surface area contributed by atoms with Crippen LogP contribution in [0.2, 0.25) is 0 Å². The highest BCUT2D eigenvalue weighted by Crippen LogP contribution is 2.27. The lowest BCUT2D eigenvalue weighted by Gasteiger charge is -2.11. The van der Waals surface area contributed by atoms with Crippen molar-refractivity contribution >= 4 is 23.4 Å². The van der Waals surface area contributed by atoms with E-state index < -0.39 is 0 Å². The maximum Gasteiger partial charge on any atom is 0.224 e. The Hall–Kier alpha value is -1.26. The highest BCUT2D eigenvalue weighted by molar-refractivity contribution is 7.99. The molecule has 108 valence electrons. The van der Waals surface area contributed by atoms with E-state index in [9.17, 15) is 4.79 Å². The van der Waals surface area contributed by atoms with Crippen molar-refractivity contribution in [2.45, 2.75) is 24.2 Å². The number of thioether (sulfide) groups is 1. The molecule has 0 aliphatic carbocycles. The van der Waals surface area contributed by atoms with Gasteiger partial charge in [-0.15, -0.1) is 18.3 Å². The molecule has 20 heavy (non-hydrogen) atoms. The zero-order valence-corrected chi connectivity index (χ0v) is 12.5. The molecule has 2 N–H and O–H groups in total. The zero-order chi connectivity index (χ0) is 14.2. The monoisotopic (exact) mass is 290 g/mol. The van der Waals surface area contributed by atoms with Gasteiger partial charge in [-0.1, -0.05) is 18.2 Å². The molecule has 1 aromatic carbocycles. The van der Waals surface area contributed by atoms with Crippen LogP contribution in [0, 0.1) is 5.92 Å². The van der Waals surface area contributed by atoms with E-state index in [1.807, 2.05) is 30.3 Å². The summed E-state index contributed by atoms with van der Waals surface area (Å²) in [5.41, 5.74) is 0.911. The molecule has 0 radical (unpaired) electrons. The number of rotatable bonds is 7. The molecule has 1 saturated heterocycles. The Morgan fingerprint density at radius 2 is 2.35 bits per heavy atom. The Morgan fingerprint density at radius 3 is 3.10 bits per heavy atom. The highest BCUT2D eigenvalue weighted by Gasteiger charge is 2.16. The summed E-state index contributed by atoms with van der Waals surface area (Å²) >= 11 is 1.69. The number of benzene rings is 1. The van der Waals surface area contributed by atoms with E-state index in [2.05, 4.69) is 17.2 Å². The molecule has 1 heterocycles. The van der Waals surface area contributed by atoms with Crippen molar-refractivity contribution in [2.75, 3.05) is 24.2 Å². The Labute approximate surface area is 125 Å². The minimum atomic E-state index is 0.114. The van der Waals surface area contributed by atoms with Gasteiger partial charge in [0.2, 0.25) is 5.91 Å². The fraction of sp³-hybridized carbons (Fsp3) is 0.438. The molecular weight excluding hydrogens is 268 g/mol. The van der Waals surface area contributed by atoms with Gasteiger partial charge in [0.05, 0.1) is 5.69 Å². The first-order valence-electron chi connectivity index (χ1n) is 7.13. The fourth-order valence-corrected chi connectivity index (χ4v) is 3.10. The maximum atomic E-state index is 12.0. The first kappa shape index (κ1) is 15.1. The van der Waals surface area contributed by atoms with Gasteiger partial charge in [-0.2, -0.15) is 0 Å². The molecule has 2 rings (SSSR count).